The summed E-state index contributed by atoms with van der Waals surface area (Å²) in [5, 5.41) is 2.64. The summed E-state index contributed by atoms with van der Waals surface area (Å²) in [6.07, 6.45) is -0.862. The third-order valence-electron chi connectivity index (χ3n) is 8.19. The lowest BCUT2D eigenvalue weighted by Gasteiger charge is -2.54. The SMILES string of the molecule is Cc1ccc([C@]23C[C@@]45SS[C@@H](C(=O)N4[C@H]2N(S(=O)(=O)c2ccccc2)c2ccccc23)N(CN=[N+]=[N-])C5=O)cc1. The van der Waals surface area contributed by atoms with E-state index in [1.807, 2.05) is 43.3 Å². The molecule has 40 heavy (non-hydrogen) atoms. The Morgan fingerprint density at radius 3 is 2.45 bits per heavy atom. The maximum Gasteiger partial charge on any atom is 0.266 e. The van der Waals surface area contributed by atoms with Gasteiger partial charge in [0.1, 0.15) is 12.8 Å². The van der Waals surface area contributed by atoms with Crippen LogP contribution in [-0.4, -0.2) is 53.1 Å². The number of amides is 2. The Bertz CT molecular complexity index is 1730. The molecule has 0 aliphatic carbocycles. The Morgan fingerprint density at radius 1 is 1.02 bits per heavy atom. The summed E-state index contributed by atoms with van der Waals surface area (Å²) in [5.41, 5.74) is 11.0. The molecule has 5 aliphatic rings. The minimum atomic E-state index is -4.17. The highest BCUT2D eigenvalue weighted by Gasteiger charge is 2.77. The van der Waals surface area contributed by atoms with Crippen molar-refractivity contribution in [2.24, 2.45) is 5.11 Å². The number of nitrogens with zero attached hydrogens (tertiary/aromatic N) is 6. The van der Waals surface area contributed by atoms with E-state index in [1.165, 1.54) is 47.8 Å². The first-order valence-electron chi connectivity index (χ1n) is 12.5. The zero-order chi connectivity index (χ0) is 27.9. The molecule has 2 bridgehead atoms. The Balaban J connectivity index is 1.53. The van der Waals surface area contributed by atoms with E-state index in [9.17, 15) is 18.0 Å². The van der Waals surface area contributed by atoms with Crippen molar-refractivity contribution in [2.75, 3.05) is 11.0 Å². The van der Waals surface area contributed by atoms with Crippen LogP contribution in [0.2, 0.25) is 0 Å². The fraction of sp³-hybridized carbons (Fsp3) is 0.259. The Morgan fingerprint density at radius 2 is 1.73 bits per heavy atom. The van der Waals surface area contributed by atoms with Gasteiger partial charge in [0, 0.05) is 11.3 Å². The van der Waals surface area contributed by atoms with E-state index in [1.54, 1.807) is 30.3 Å². The average molecular weight is 591 g/mol. The molecular formula is C27H22N6O4S3. The normalized spacial score (nSPS) is 28.3. The third-order valence-corrected chi connectivity index (χ3v) is 13.2. The van der Waals surface area contributed by atoms with Gasteiger partial charge in [0.25, 0.3) is 21.8 Å². The van der Waals surface area contributed by atoms with E-state index in [-0.39, 0.29) is 29.8 Å². The highest BCUT2D eigenvalue weighted by Crippen LogP contribution is 2.69. The van der Waals surface area contributed by atoms with Crippen molar-refractivity contribution in [1.29, 1.82) is 0 Å². The molecule has 3 aromatic rings. The molecule has 0 saturated carbocycles. The molecule has 4 saturated heterocycles. The Labute approximate surface area is 238 Å². The largest absolute Gasteiger partial charge is 0.313 e. The zero-order valence-electron chi connectivity index (χ0n) is 21.1. The topological polar surface area (TPSA) is 127 Å². The van der Waals surface area contributed by atoms with E-state index < -0.39 is 31.8 Å². The van der Waals surface area contributed by atoms with Crippen LogP contribution in [0.1, 0.15) is 23.1 Å². The molecule has 2 amide bonds. The van der Waals surface area contributed by atoms with Gasteiger partial charge in [0.2, 0.25) is 0 Å². The highest BCUT2D eigenvalue weighted by atomic mass is 33.1. The smallest absolute Gasteiger partial charge is 0.266 e. The number of benzene rings is 3. The summed E-state index contributed by atoms with van der Waals surface area (Å²) < 4.78 is 30.3. The standard InChI is InChI=1S/C27H22N6O4S3/c1-17-11-13-18(14-12-17)26-15-27-25(35)31(16-29-30-28)23(38-39-27)22(34)32(27)24(26)33(21-10-6-5-9-20(21)26)40(36,37)19-7-3-2-4-8-19/h2-14,23-24H,15-16H2,1H3/t23-,24-,26-,27-/m0/s1. The van der Waals surface area contributed by atoms with Gasteiger partial charge in [-0.15, -0.1) is 0 Å². The molecule has 0 unspecified atom stereocenters. The van der Waals surface area contributed by atoms with Crippen LogP contribution in [-0.2, 0) is 25.0 Å². The van der Waals surface area contributed by atoms with E-state index in [4.69, 9.17) is 5.53 Å². The van der Waals surface area contributed by atoms with Gasteiger partial charge in [-0.3, -0.25) is 14.5 Å². The van der Waals surface area contributed by atoms with Gasteiger partial charge in [-0.1, -0.05) is 92.9 Å². The van der Waals surface area contributed by atoms with Crippen molar-refractivity contribution in [1.82, 2.24) is 9.80 Å². The maximum absolute atomic E-state index is 14.5. The number of para-hydroxylation sites is 1. The minimum absolute atomic E-state index is 0.0958. The molecule has 1 spiro atoms. The van der Waals surface area contributed by atoms with Crippen LogP contribution in [0.3, 0.4) is 0 Å². The van der Waals surface area contributed by atoms with Crippen LogP contribution in [0.5, 0.6) is 0 Å². The maximum atomic E-state index is 14.5. The second-order valence-corrected chi connectivity index (χ2v) is 14.6. The number of sulfonamides is 1. The monoisotopic (exact) mass is 590 g/mol. The molecule has 0 radical (unpaired) electrons. The summed E-state index contributed by atoms with van der Waals surface area (Å²) in [5.74, 6) is -0.736. The number of fused-ring (bicyclic) bond motifs is 5. The van der Waals surface area contributed by atoms with E-state index in [0.29, 0.717) is 5.69 Å². The second-order valence-electron chi connectivity index (χ2n) is 10.2. The zero-order valence-corrected chi connectivity index (χ0v) is 23.6. The summed E-state index contributed by atoms with van der Waals surface area (Å²) in [6, 6.07) is 23.3. The number of carbonyl (C=O) groups excluding carboxylic acids is 2. The molecule has 8 rings (SSSR count). The summed E-state index contributed by atoms with van der Waals surface area (Å²) in [7, 11) is -1.63. The predicted octanol–water partition coefficient (Wildman–Crippen LogP) is 4.58. The van der Waals surface area contributed by atoms with Crippen LogP contribution >= 0.6 is 21.6 Å². The molecule has 0 N–H and O–H groups in total. The molecule has 3 aromatic carbocycles. The van der Waals surface area contributed by atoms with Gasteiger partial charge in [-0.05, 0) is 41.8 Å². The van der Waals surface area contributed by atoms with E-state index >= 15 is 0 Å². The lowest BCUT2D eigenvalue weighted by Crippen LogP contribution is -2.72. The Kier molecular flexibility index (Phi) is 5.50. The third kappa shape index (κ3) is 3.08. The number of azide groups is 1. The van der Waals surface area contributed by atoms with Crippen molar-refractivity contribution in [3.8, 4) is 0 Å². The highest BCUT2D eigenvalue weighted by molar-refractivity contribution is 8.78. The Hall–Kier alpha value is -3.64. The quantitative estimate of drug-likeness (QED) is 0.185. The first-order valence-corrected chi connectivity index (χ1v) is 16.2. The lowest BCUT2D eigenvalue weighted by molar-refractivity contribution is -0.159. The van der Waals surface area contributed by atoms with Gasteiger partial charge < -0.3 is 4.90 Å². The first-order chi connectivity index (χ1) is 19.3. The molecular weight excluding hydrogens is 569 g/mol. The summed E-state index contributed by atoms with van der Waals surface area (Å²) in [4.78, 5) is 32.8. The number of rotatable bonds is 5. The van der Waals surface area contributed by atoms with Crippen molar-refractivity contribution >= 4 is 49.1 Å². The summed E-state index contributed by atoms with van der Waals surface area (Å²) >= 11 is 0. The molecule has 0 aromatic heterocycles. The van der Waals surface area contributed by atoms with Crippen LogP contribution in [0.25, 0.3) is 10.4 Å². The fourth-order valence-electron chi connectivity index (χ4n) is 6.53. The average Bonchev–Trinajstić information content (AvgIpc) is 3.43. The van der Waals surface area contributed by atoms with Crippen molar-refractivity contribution < 1.29 is 18.0 Å². The van der Waals surface area contributed by atoms with Crippen molar-refractivity contribution in [3.63, 3.8) is 0 Å². The number of hydrogen-bond donors (Lipinski definition) is 0. The van der Waals surface area contributed by atoms with Gasteiger partial charge in [-0.25, -0.2) is 12.7 Å². The second kappa shape index (κ2) is 8.68. The molecule has 202 valence electrons. The van der Waals surface area contributed by atoms with Gasteiger partial charge >= 0.3 is 0 Å². The predicted molar refractivity (Wildman–Crippen MR) is 152 cm³/mol. The number of anilines is 1. The van der Waals surface area contributed by atoms with Gasteiger partial charge in [-0.2, -0.15) is 0 Å². The number of hydrogen-bond acceptors (Lipinski definition) is 7. The van der Waals surface area contributed by atoms with Gasteiger partial charge in [0.15, 0.2) is 10.2 Å². The van der Waals surface area contributed by atoms with Crippen molar-refractivity contribution in [2.45, 2.75) is 40.1 Å². The molecule has 5 heterocycles. The van der Waals surface area contributed by atoms with Crippen molar-refractivity contribution in [3.05, 3.63) is 106 Å². The molecule has 13 heteroatoms. The molecule has 5 aliphatic heterocycles. The van der Waals surface area contributed by atoms with Crippen LogP contribution < -0.4 is 4.31 Å². The number of piperazine rings is 1. The van der Waals surface area contributed by atoms with Crippen LogP contribution in [0, 0.1) is 6.92 Å². The molecule has 4 atom stereocenters. The van der Waals surface area contributed by atoms with E-state index in [0.717, 1.165) is 16.7 Å². The number of carbonyl (C=O) groups is 2. The minimum Gasteiger partial charge on any atom is -0.313 e. The van der Waals surface area contributed by atoms with Crippen LogP contribution in [0.4, 0.5) is 5.69 Å². The first kappa shape index (κ1) is 25.3. The van der Waals surface area contributed by atoms with Gasteiger partial charge in [0.05, 0.1) is 16.0 Å². The molecule has 4 fully saturated rings. The van der Waals surface area contributed by atoms with Crippen LogP contribution in [0.15, 0.2) is 88.9 Å². The number of aryl methyl sites for hydroxylation is 1. The summed E-state index contributed by atoms with van der Waals surface area (Å²) in [6.45, 7) is 1.69. The van der Waals surface area contributed by atoms with E-state index in [2.05, 4.69) is 10.0 Å². The fourth-order valence-corrected chi connectivity index (χ4v) is 11.6. The molecule has 10 nitrogen and oxygen atoms in total. The lowest BCUT2D eigenvalue weighted by atomic mass is 9.72.